The van der Waals surface area contributed by atoms with E-state index >= 15 is 0 Å². The number of carbonyl (C=O) groups is 1. The molecule has 1 amide bonds. The van der Waals surface area contributed by atoms with Crippen molar-refractivity contribution in [2.24, 2.45) is 11.8 Å². The van der Waals surface area contributed by atoms with Crippen molar-refractivity contribution in [3.05, 3.63) is 78.7 Å². The Balaban J connectivity index is 1.45. The molecule has 0 radical (unpaired) electrons. The van der Waals surface area contributed by atoms with E-state index < -0.39 is 0 Å². The molecule has 1 saturated carbocycles. The van der Waals surface area contributed by atoms with Crippen LogP contribution in [0.25, 0.3) is 11.3 Å². The molecule has 1 aliphatic carbocycles. The molecule has 4 heterocycles. The number of piperidine rings is 1. The second kappa shape index (κ2) is 7.91. The number of nitrogens with one attached hydrogen (secondary N) is 1. The minimum atomic E-state index is -0.0738. The summed E-state index contributed by atoms with van der Waals surface area (Å²) >= 11 is 0. The number of amides is 1. The van der Waals surface area contributed by atoms with Gasteiger partial charge in [0.05, 0.1) is 11.9 Å². The highest BCUT2D eigenvalue weighted by Gasteiger charge is 2.50. The van der Waals surface area contributed by atoms with Crippen molar-refractivity contribution in [2.45, 2.75) is 19.4 Å². The molecule has 1 saturated heterocycles. The van der Waals surface area contributed by atoms with Crippen LogP contribution in [-0.4, -0.2) is 49.9 Å². The summed E-state index contributed by atoms with van der Waals surface area (Å²) in [7, 11) is 0. The Kier molecular flexibility index (Phi) is 4.94. The van der Waals surface area contributed by atoms with Gasteiger partial charge in [-0.15, -0.1) is 0 Å². The van der Waals surface area contributed by atoms with Gasteiger partial charge >= 0.3 is 0 Å². The lowest BCUT2D eigenvalue weighted by atomic mass is 10.00. The van der Waals surface area contributed by atoms with Gasteiger partial charge < -0.3 is 10.2 Å². The molecule has 3 aromatic rings. The summed E-state index contributed by atoms with van der Waals surface area (Å²) in [6.45, 7) is 7.40. The number of pyridine rings is 2. The lowest BCUT2D eigenvalue weighted by Crippen LogP contribution is -2.48. The fourth-order valence-electron chi connectivity index (χ4n) is 4.42. The highest BCUT2D eigenvalue weighted by atomic mass is 16.2. The highest BCUT2D eigenvalue weighted by molar-refractivity contribution is 5.99. The molecular formula is C24H24N6O. The Labute approximate surface area is 181 Å². The van der Waals surface area contributed by atoms with Gasteiger partial charge in [-0.05, 0) is 43.5 Å². The minimum absolute atomic E-state index is 0.0343. The van der Waals surface area contributed by atoms with E-state index in [0.29, 0.717) is 41.9 Å². The summed E-state index contributed by atoms with van der Waals surface area (Å²) in [6.07, 6.45) is 7.58. The second-order valence-corrected chi connectivity index (χ2v) is 8.17. The van der Waals surface area contributed by atoms with Crippen molar-refractivity contribution in [3.8, 4) is 11.3 Å². The van der Waals surface area contributed by atoms with E-state index in [-0.39, 0.29) is 11.9 Å². The van der Waals surface area contributed by atoms with E-state index in [1.807, 2.05) is 42.2 Å². The number of rotatable bonds is 5. The van der Waals surface area contributed by atoms with Crippen molar-refractivity contribution in [1.29, 1.82) is 0 Å². The van der Waals surface area contributed by atoms with Crippen molar-refractivity contribution >= 4 is 11.7 Å². The van der Waals surface area contributed by atoms with Crippen LogP contribution >= 0.6 is 0 Å². The van der Waals surface area contributed by atoms with E-state index in [1.54, 1.807) is 24.8 Å². The third-order valence-electron chi connectivity index (χ3n) is 6.21. The van der Waals surface area contributed by atoms with Crippen LogP contribution in [0.3, 0.4) is 0 Å². The molecule has 31 heavy (non-hydrogen) atoms. The predicted octanol–water partition coefficient (Wildman–Crippen LogP) is 3.37. The third kappa shape index (κ3) is 3.79. The summed E-state index contributed by atoms with van der Waals surface area (Å²) in [5.41, 5.74) is 3.83. The molecule has 3 atom stereocenters. The van der Waals surface area contributed by atoms with Gasteiger partial charge in [0.25, 0.3) is 5.91 Å². The van der Waals surface area contributed by atoms with Crippen LogP contribution in [0.4, 0.5) is 5.82 Å². The molecule has 0 bridgehead atoms. The fraction of sp³-hybridized carbons (Fsp3) is 0.292. The van der Waals surface area contributed by atoms with Crippen molar-refractivity contribution in [2.75, 3.05) is 18.4 Å². The fourth-order valence-corrected chi connectivity index (χ4v) is 4.42. The zero-order chi connectivity index (χ0) is 21.4. The average molecular weight is 412 g/mol. The summed E-state index contributed by atoms with van der Waals surface area (Å²) < 4.78 is 0. The van der Waals surface area contributed by atoms with Crippen molar-refractivity contribution in [3.63, 3.8) is 0 Å². The van der Waals surface area contributed by atoms with Crippen LogP contribution in [-0.2, 0) is 0 Å². The molecule has 7 heteroatoms. The number of hydrogen-bond acceptors (Lipinski definition) is 6. The quantitative estimate of drug-likeness (QED) is 0.647. The van der Waals surface area contributed by atoms with Crippen LogP contribution in [0.2, 0.25) is 0 Å². The maximum absolute atomic E-state index is 13.8. The molecule has 3 aromatic heterocycles. The molecular weight excluding hydrogens is 388 g/mol. The number of likely N-dealkylation sites (tertiary alicyclic amines) is 1. The summed E-state index contributed by atoms with van der Waals surface area (Å²) in [5, 5.41) is 3.38. The number of aryl methyl sites for hydroxylation is 1. The van der Waals surface area contributed by atoms with Gasteiger partial charge in [-0.25, -0.2) is 9.97 Å². The summed E-state index contributed by atoms with van der Waals surface area (Å²) in [6, 6.07) is 9.60. The molecule has 0 aromatic carbocycles. The molecule has 0 spiro atoms. The van der Waals surface area contributed by atoms with Crippen LogP contribution in [0.5, 0.6) is 0 Å². The number of aromatic nitrogens is 4. The topological polar surface area (TPSA) is 83.9 Å². The first kappa shape index (κ1) is 19.4. The Hall–Kier alpha value is -3.61. The number of hydrogen-bond donors (Lipinski definition) is 1. The van der Waals surface area contributed by atoms with Crippen molar-refractivity contribution < 1.29 is 4.79 Å². The van der Waals surface area contributed by atoms with Crippen LogP contribution in [0, 0.1) is 18.8 Å². The molecule has 156 valence electrons. The molecule has 5 rings (SSSR count). The Morgan fingerprint density at radius 3 is 2.84 bits per heavy atom. The highest BCUT2D eigenvalue weighted by Crippen LogP contribution is 2.51. The Bertz CT molecular complexity index is 1120. The van der Waals surface area contributed by atoms with Gasteiger partial charge in [0.1, 0.15) is 11.5 Å². The first-order valence-electron chi connectivity index (χ1n) is 10.5. The molecule has 3 unspecified atom stereocenters. The predicted molar refractivity (Wildman–Crippen MR) is 118 cm³/mol. The normalized spacial score (nSPS) is 22.0. The molecule has 1 N–H and O–H groups in total. The lowest BCUT2D eigenvalue weighted by molar-refractivity contribution is 0.0611. The van der Waals surface area contributed by atoms with E-state index in [9.17, 15) is 4.79 Å². The van der Waals surface area contributed by atoms with E-state index in [1.165, 1.54) is 5.57 Å². The maximum Gasteiger partial charge on any atom is 0.273 e. The number of anilines is 1. The zero-order valence-corrected chi connectivity index (χ0v) is 17.4. The standard InChI is InChI=1S/C24H24N6O/c1-15-6-7-18(21-13-25-9-10-26-21)23(29-15)24(31)30-14-20-16(2)19(20)11-17(30)12-28-22-5-3-4-8-27-22/h3-10,13,17,19-20H,2,11-12,14H2,1H3,(H,27,28). The summed E-state index contributed by atoms with van der Waals surface area (Å²) in [5.74, 6) is 1.63. The number of fused-ring (bicyclic) bond motifs is 1. The first-order valence-corrected chi connectivity index (χ1v) is 10.5. The Morgan fingerprint density at radius 1 is 1.16 bits per heavy atom. The van der Waals surface area contributed by atoms with Gasteiger partial charge in [-0.1, -0.05) is 18.2 Å². The van der Waals surface area contributed by atoms with Gasteiger partial charge in [0.15, 0.2) is 0 Å². The maximum atomic E-state index is 13.8. The molecule has 2 fully saturated rings. The summed E-state index contributed by atoms with van der Waals surface area (Å²) in [4.78, 5) is 33.2. The Morgan fingerprint density at radius 2 is 2.06 bits per heavy atom. The van der Waals surface area contributed by atoms with Crippen molar-refractivity contribution in [1.82, 2.24) is 24.8 Å². The van der Waals surface area contributed by atoms with E-state index in [4.69, 9.17) is 0 Å². The smallest absolute Gasteiger partial charge is 0.273 e. The van der Waals surface area contributed by atoms with Crippen LogP contribution in [0.15, 0.2) is 67.3 Å². The van der Waals surface area contributed by atoms with E-state index in [2.05, 4.69) is 31.8 Å². The lowest BCUT2D eigenvalue weighted by Gasteiger charge is -2.35. The minimum Gasteiger partial charge on any atom is -0.368 e. The average Bonchev–Trinajstić information content (AvgIpc) is 3.45. The van der Waals surface area contributed by atoms with E-state index in [0.717, 1.165) is 17.9 Å². The second-order valence-electron chi connectivity index (χ2n) is 8.17. The third-order valence-corrected chi connectivity index (χ3v) is 6.21. The van der Waals surface area contributed by atoms with Crippen LogP contribution in [0.1, 0.15) is 22.6 Å². The van der Waals surface area contributed by atoms with Gasteiger partial charge in [0.2, 0.25) is 0 Å². The van der Waals surface area contributed by atoms with Gasteiger partial charge in [-0.3, -0.25) is 14.8 Å². The number of nitrogens with zero attached hydrogens (tertiary/aromatic N) is 5. The largest absolute Gasteiger partial charge is 0.368 e. The van der Waals surface area contributed by atoms with Gasteiger partial charge in [0, 0.05) is 54.9 Å². The molecule has 7 nitrogen and oxygen atoms in total. The monoisotopic (exact) mass is 412 g/mol. The first-order chi connectivity index (χ1) is 15.1. The SMILES string of the molecule is C=C1C2CC(CNc3ccccn3)N(C(=O)c3nc(C)ccc3-c3cnccn3)CC12. The number of carbonyl (C=O) groups excluding carboxylic acids is 1. The van der Waals surface area contributed by atoms with Crippen LogP contribution < -0.4 is 5.32 Å². The zero-order valence-electron chi connectivity index (χ0n) is 17.4. The van der Waals surface area contributed by atoms with Gasteiger partial charge in [-0.2, -0.15) is 0 Å². The molecule has 2 aliphatic rings. The molecule has 1 aliphatic heterocycles.